The normalized spacial score (nSPS) is 20.2. The first-order valence-corrected chi connectivity index (χ1v) is 7.24. The highest BCUT2D eigenvalue weighted by atomic mass is 16.5. The van der Waals surface area contributed by atoms with Gasteiger partial charge in [0.1, 0.15) is 11.2 Å². The average molecular weight is 282 g/mol. The fourth-order valence-corrected chi connectivity index (χ4v) is 3.12. The van der Waals surface area contributed by atoms with E-state index in [0.29, 0.717) is 18.6 Å². The van der Waals surface area contributed by atoms with Crippen LogP contribution in [-0.4, -0.2) is 17.7 Å². The third-order valence-electron chi connectivity index (χ3n) is 4.25. The monoisotopic (exact) mass is 282 g/mol. The molecule has 1 atom stereocenters. The van der Waals surface area contributed by atoms with Crippen molar-refractivity contribution in [3.8, 4) is 5.75 Å². The molecule has 2 aromatic rings. The maximum atomic E-state index is 12.6. The first kappa shape index (κ1) is 13.8. The first-order valence-electron chi connectivity index (χ1n) is 7.24. The van der Waals surface area contributed by atoms with Crippen molar-refractivity contribution in [2.75, 3.05) is 6.61 Å². The van der Waals surface area contributed by atoms with E-state index >= 15 is 0 Å². The Kier molecular flexibility index (Phi) is 3.52. The van der Waals surface area contributed by atoms with E-state index in [1.807, 2.05) is 55.5 Å². The maximum absolute atomic E-state index is 12.6. The summed E-state index contributed by atoms with van der Waals surface area (Å²) >= 11 is 0. The van der Waals surface area contributed by atoms with E-state index in [1.165, 1.54) is 0 Å². The van der Waals surface area contributed by atoms with Gasteiger partial charge in [0.15, 0.2) is 0 Å². The summed E-state index contributed by atoms with van der Waals surface area (Å²) in [6.07, 6.45) is 1.22. The number of aliphatic hydroxyl groups is 1. The van der Waals surface area contributed by atoms with E-state index in [9.17, 15) is 4.79 Å². The predicted molar refractivity (Wildman–Crippen MR) is 80.4 cm³/mol. The Morgan fingerprint density at radius 3 is 2.57 bits per heavy atom. The fourth-order valence-electron chi connectivity index (χ4n) is 3.12. The van der Waals surface area contributed by atoms with Crippen LogP contribution in [0.1, 0.15) is 30.0 Å². The third kappa shape index (κ3) is 2.05. The number of hydrogen-bond donors (Lipinski definition) is 1. The Balaban J connectivity index is 2.19. The van der Waals surface area contributed by atoms with Gasteiger partial charge in [-0.15, -0.1) is 0 Å². The van der Waals surface area contributed by atoms with E-state index in [2.05, 4.69) is 0 Å². The molecule has 0 saturated heterocycles. The summed E-state index contributed by atoms with van der Waals surface area (Å²) in [5, 5.41) is 9.13. The summed E-state index contributed by atoms with van der Waals surface area (Å²) in [6.45, 7) is 2.10. The molecule has 3 heteroatoms. The van der Waals surface area contributed by atoms with E-state index in [0.717, 1.165) is 16.7 Å². The molecule has 0 radical (unpaired) electrons. The van der Waals surface area contributed by atoms with Gasteiger partial charge in [0.05, 0.1) is 0 Å². The number of aliphatic hydroxyl groups excluding tert-OH is 1. The zero-order valence-corrected chi connectivity index (χ0v) is 12.0. The van der Waals surface area contributed by atoms with Crippen molar-refractivity contribution in [3.63, 3.8) is 0 Å². The SMILES string of the molecule is CCC1(c2ccccc2)C(=O)Oc2ccc(CCO)cc21. The molecule has 0 spiro atoms. The largest absolute Gasteiger partial charge is 0.425 e. The van der Waals surface area contributed by atoms with Crippen LogP contribution < -0.4 is 4.74 Å². The van der Waals surface area contributed by atoms with Crippen LogP contribution in [0.15, 0.2) is 48.5 Å². The van der Waals surface area contributed by atoms with Crippen molar-refractivity contribution in [2.24, 2.45) is 0 Å². The minimum Gasteiger partial charge on any atom is -0.425 e. The van der Waals surface area contributed by atoms with Crippen LogP contribution >= 0.6 is 0 Å². The van der Waals surface area contributed by atoms with Gasteiger partial charge in [-0.25, -0.2) is 0 Å². The lowest BCUT2D eigenvalue weighted by molar-refractivity contribution is -0.137. The zero-order valence-electron chi connectivity index (χ0n) is 12.0. The molecule has 0 saturated carbocycles. The van der Waals surface area contributed by atoms with Crippen molar-refractivity contribution in [1.29, 1.82) is 0 Å². The summed E-state index contributed by atoms with van der Waals surface area (Å²) in [5.74, 6) is 0.416. The summed E-state index contributed by atoms with van der Waals surface area (Å²) in [4.78, 5) is 12.6. The first-order chi connectivity index (χ1) is 10.2. The minimum atomic E-state index is -0.734. The fraction of sp³-hybridized carbons (Fsp3) is 0.278. The van der Waals surface area contributed by atoms with Gasteiger partial charge in [-0.2, -0.15) is 0 Å². The second-order valence-electron chi connectivity index (χ2n) is 5.32. The van der Waals surface area contributed by atoms with Gasteiger partial charge in [0, 0.05) is 12.2 Å². The minimum absolute atomic E-state index is 0.0953. The summed E-state index contributed by atoms with van der Waals surface area (Å²) in [6, 6.07) is 15.5. The number of fused-ring (bicyclic) bond motifs is 1. The van der Waals surface area contributed by atoms with E-state index < -0.39 is 5.41 Å². The van der Waals surface area contributed by atoms with Crippen molar-refractivity contribution < 1.29 is 14.6 Å². The van der Waals surface area contributed by atoms with Crippen molar-refractivity contribution in [1.82, 2.24) is 0 Å². The Labute approximate surface area is 124 Å². The van der Waals surface area contributed by atoms with Gasteiger partial charge in [-0.3, -0.25) is 4.79 Å². The average Bonchev–Trinajstić information content (AvgIpc) is 2.80. The van der Waals surface area contributed by atoms with E-state index in [4.69, 9.17) is 9.84 Å². The number of rotatable bonds is 4. The van der Waals surface area contributed by atoms with Gasteiger partial charge in [0.25, 0.3) is 0 Å². The van der Waals surface area contributed by atoms with Gasteiger partial charge in [-0.05, 0) is 30.0 Å². The maximum Gasteiger partial charge on any atom is 0.326 e. The quantitative estimate of drug-likeness (QED) is 0.693. The molecule has 0 aromatic heterocycles. The molecule has 0 fully saturated rings. The van der Waals surface area contributed by atoms with Crippen LogP contribution in [0.3, 0.4) is 0 Å². The third-order valence-corrected chi connectivity index (χ3v) is 4.25. The highest BCUT2D eigenvalue weighted by Gasteiger charge is 2.49. The lowest BCUT2D eigenvalue weighted by atomic mass is 9.73. The Bertz CT molecular complexity index is 663. The smallest absolute Gasteiger partial charge is 0.326 e. The van der Waals surface area contributed by atoms with Crippen LogP contribution in [0.2, 0.25) is 0 Å². The Morgan fingerprint density at radius 2 is 1.90 bits per heavy atom. The lowest BCUT2D eigenvalue weighted by Crippen LogP contribution is -2.34. The standard InChI is InChI=1S/C18H18O3/c1-2-18(14-6-4-3-5-7-14)15-12-13(10-11-19)8-9-16(15)21-17(18)20/h3-9,12,19H,2,10-11H2,1H3. The molecule has 0 amide bonds. The molecule has 0 aliphatic carbocycles. The number of benzene rings is 2. The number of carbonyl (C=O) groups excluding carboxylic acids is 1. The highest BCUT2D eigenvalue weighted by molar-refractivity contribution is 5.94. The Morgan fingerprint density at radius 1 is 1.14 bits per heavy atom. The molecule has 1 aliphatic heterocycles. The molecule has 1 N–H and O–H groups in total. The van der Waals surface area contributed by atoms with E-state index in [1.54, 1.807) is 0 Å². The number of ether oxygens (including phenoxy) is 1. The molecule has 108 valence electrons. The molecular weight excluding hydrogens is 264 g/mol. The summed E-state index contributed by atoms with van der Waals surface area (Å²) in [7, 11) is 0. The second-order valence-corrected chi connectivity index (χ2v) is 5.32. The highest BCUT2D eigenvalue weighted by Crippen LogP contribution is 2.46. The molecule has 3 nitrogen and oxygen atoms in total. The van der Waals surface area contributed by atoms with E-state index in [-0.39, 0.29) is 12.6 Å². The molecule has 3 rings (SSSR count). The van der Waals surface area contributed by atoms with Gasteiger partial charge >= 0.3 is 5.97 Å². The molecule has 21 heavy (non-hydrogen) atoms. The predicted octanol–water partition coefficient (Wildman–Crippen LogP) is 2.84. The number of carbonyl (C=O) groups is 1. The lowest BCUT2D eigenvalue weighted by Gasteiger charge is -2.25. The topological polar surface area (TPSA) is 46.5 Å². The van der Waals surface area contributed by atoms with Crippen LogP contribution in [-0.2, 0) is 16.6 Å². The summed E-state index contributed by atoms with van der Waals surface area (Å²) < 4.78 is 5.50. The molecule has 2 aromatic carbocycles. The van der Waals surface area contributed by atoms with Gasteiger partial charge in [-0.1, -0.05) is 49.4 Å². The van der Waals surface area contributed by atoms with Crippen molar-refractivity contribution in [2.45, 2.75) is 25.2 Å². The molecule has 0 bridgehead atoms. The van der Waals surface area contributed by atoms with Crippen LogP contribution in [0.5, 0.6) is 5.75 Å². The van der Waals surface area contributed by atoms with Gasteiger partial charge < -0.3 is 9.84 Å². The zero-order chi connectivity index (χ0) is 14.9. The summed E-state index contributed by atoms with van der Waals surface area (Å²) in [5.41, 5.74) is 2.15. The van der Waals surface area contributed by atoms with Crippen molar-refractivity contribution in [3.05, 3.63) is 65.2 Å². The molecular formula is C18H18O3. The van der Waals surface area contributed by atoms with Crippen LogP contribution in [0.25, 0.3) is 0 Å². The van der Waals surface area contributed by atoms with Crippen molar-refractivity contribution >= 4 is 5.97 Å². The molecule has 1 unspecified atom stereocenters. The number of hydrogen-bond acceptors (Lipinski definition) is 3. The molecule has 1 aliphatic rings. The van der Waals surface area contributed by atoms with Crippen LogP contribution in [0.4, 0.5) is 0 Å². The Hall–Kier alpha value is -2.13. The molecule has 1 heterocycles. The second kappa shape index (κ2) is 5.34. The number of esters is 1. The van der Waals surface area contributed by atoms with Gasteiger partial charge in [0.2, 0.25) is 0 Å². The van der Waals surface area contributed by atoms with Crippen LogP contribution in [0, 0.1) is 0 Å².